The van der Waals surface area contributed by atoms with E-state index >= 15 is 0 Å². The molecule has 1 saturated heterocycles. The van der Waals surface area contributed by atoms with Gasteiger partial charge in [0.25, 0.3) is 0 Å². The molecule has 0 aliphatic carbocycles. The average molecular weight is 552 g/mol. The maximum atomic E-state index is 9.77. The van der Waals surface area contributed by atoms with Crippen molar-refractivity contribution in [1.82, 2.24) is 4.90 Å². The molecule has 3 aromatic rings. The lowest BCUT2D eigenvalue weighted by Gasteiger charge is -2.34. The first kappa shape index (κ1) is 28.4. The number of aliphatic hydroxyl groups excluding tert-OH is 2. The van der Waals surface area contributed by atoms with E-state index in [4.69, 9.17) is 20.4 Å². The van der Waals surface area contributed by atoms with Crippen molar-refractivity contribution < 1.29 is 30.0 Å². The van der Waals surface area contributed by atoms with Crippen LogP contribution in [0.3, 0.4) is 0 Å². The zero-order valence-corrected chi connectivity index (χ0v) is 22.6. The van der Waals surface area contributed by atoms with Gasteiger partial charge in [0, 0.05) is 47.6 Å². The molecule has 206 valence electrons. The van der Waals surface area contributed by atoms with Crippen molar-refractivity contribution in [2.24, 2.45) is 0 Å². The van der Waals surface area contributed by atoms with Crippen LogP contribution in [0.1, 0.15) is 24.0 Å². The summed E-state index contributed by atoms with van der Waals surface area (Å²) in [5, 5.41) is 36.1. The van der Waals surface area contributed by atoms with Gasteiger partial charge < -0.3 is 35.5 Å². The third kappa shape index (κ3) is 6.90. The normalized spacial score (nSPS) is 16.9. The molecule has 0 amide bonds. The summed E-state index contributed by atoms with van der Waals surface area (Å²) in [5.74, 6) is -3.17. The Hall–Kier alpha value is -3.57. The Bertz CT molecular complexity index is 1290. The van der Waals surface area contributed by atoms with Gasteiger partial charge in [-0.05, 0) is 54.6 Å². The minimum Gasteiger partial charge on any atom is -0.479 e. The number of rotatable bonds is 6. The highest BCUT2D eigenvalue weighted by Gasteiger charge is 2.29. The number of carbonyl (C=O) groups is 2. The summed E-state index contributed by atoms with van der Waals surface area (Å²) in [7, 11) is 2.20. The molecule has 3 aromatic carbocycles. The fourth-order valence-corrected chi connectivity index (χ4v) is 5.40. The van der Waals surface area contributed by atoms with Crippen LogP contribution in [0, 0.1) is 0 Å². The minimum absolute atomic E-state index is 0.366. The number of anilines is 3. The van der Waals surface area contributed by atoms with Crippen molar-refractivity contribution in [3.8, 4) is 0 Å². The molecular weight excluding hydrogens is 518 g/mol. The molecule has 9 nitrogen and oxygen atoms in total. The van der Waals surface area contributed by atoms with Crippen LogP contribution < -0.4 is 10.2 Å². The molecule has 2 heterocycles. The molecule has 39 heavy (non-hydrogen) atoms. The molecule has 3 atom stereocenters. The number of aliphatic hydroxyl groups is 2. The molecule has 2 aliphatic rings. The number of carboxylic acid groups (broad SMARTS) is 2. The fourth-order valence-electron chi connectivity index (χ4n) is 4.43. The van der Waals surface area contributed by atoms with Crippen molar-refractivity contribution in [1.29, 1.82) is 0 Å². The Morgan fingerprint density at radius 2 is 1.36 bits per heavy atom. The number of hydrogen-bond donors (Lipinski definition) is 5. The van der Waals surface area contributed by atoms with Crippen molar-refractivity contribution in [2.75, 3.05) is 43.4 Å². The predicted octanol–water partition coefficient (Wildman–Crippen LogP) is 3.68. The van der Waals surface area contributed by atoms with Crippen LogP contribution in [0.5, 0.6) is 0 Å². The summed E-state index contributed by atoms with van der Waals surface area (Å²) < 4.78 is 0. The van der Waals surface area contributed by atoms with Crippen LogP contribution in [-0.2, 0) is 9.59 Å². The van der Waals surface area contributed by atoms with Gasteiger partial charge in [0.15, 0.2) is 12.2 Å². The number of carboxylic acids is 2. The zero-order valence-electron chi connectivity index (χ0n) is 21.8. The lowest BCUT2D eigenvalue weighted by atomic mass is 9.92. The first-order valence-corrected chi connectivity index (χ1v) is 13.5. The number of benzene rings is 3. The Morgan fingerprint density at radius 1 is 0.795 bits per heavy atom. The van der Waals surface area contributed by atoms with Crippen LogP contribution in [0.4, 0.5) is 17.1 Å². The standard InChI is InChI=1S/C25H27N3S.C4H6O6/c1-18(19-7-10-21(11-8-19)28-15-13-27(2)14-16-28)20-9-12-25-23(17-20)26-22-5-3-4-6-24(22)29-25;5-1(3(7)8)2(6)4(9)10/h3-12,17-18,26H,13-16H2,1-2H3;1-2,5-6H,(H,7,8)(H,9,10). The summed E-state index contributed by atoms with van der Waals surface area (Å²) in [6.07, 6.45) is -4.53. The van der Waals surface area contributed by atoms with E-state index in [2.05, 4.69) is 95.8 Å². The number of piperazine rings is 1. The van der Waals surface area contributed by atoms with Gasteiger partial charge in [-0.2, -0.15) is 0 Å². The molecule has 0 bridgehead atoms. The first-order valence-electron chi connectivity index (χ1n) is 12.7. The number of fused-ring (bicyclic) bond motifs is 2. The molecule has 3 unspecified atom stereocenters. The lowest BCUT2D eigenvalue weighted by molar-refractivity contribution is -0.165. The molecule has 2 aliphatic heterocycles. The Balaban J connectivity index is 0.000000303. The van der Waals surface area contributed by atoms with E-state index < -0.39 is 24.1 Å². The van der Waals surface area contributed by atoms with Gasteiger partial charge >= 0.3 is 11.9 Å². The fraction of sp³-hybridized carbons (Fsp3) is 0.310. The minimum atomic E-state index is -2.27. The zero-order chi connectivity index (χ0) is 28.1. The highest BCUT2D eigenvalue weighted by molar-refractivity contribution is 7.99. The van der Waals surface area contributed by atoms with E-state index in [0.717, 1.165) is 26.2 Å². The van der Waals surface area contributed by atoms with E-state index in [9.17, 15) is 9.59 Å². The van der Waals surface area contributed by atoms with Crippen LogP contribution in [0.15, 0.2) is 76.5 Å². The monoisotopic (exact) mass is 551 g/mol. The topological polar surface area (TPSA) is 134 Å². The molecule has 0 saturated carbocycles. The number of aliphatic carboxylic acids is 2. The van der Waals surface area contributed by atoms with Crippen molar-refractivity contribution >= 4 is 40.8 Å². The van der Waals surface area contributed by atoms with Gasteiger partial charge in [0.2, 0.25) is 0 Å². The second-order valence-electron chi connectivity index (χ2n) is 9.65. The summed E-state index contributed by atoms with van der Waals surface area (Å²) in [5.41, 5.74) is 6.47. The summed E-state index contributed by atoms with van der Waals surface area (Å²) in [4.78, 5) is 27.0. The SMILES string of the molecule is CC(c1ccc(N2CCN(C)CC2)cc1)c1ccc2c(c1)Nc1ccccc1S2.O=C(O)C(O)C(O)C(=O)O. The van der Waals surface area contributed by atoms with Crippen LogP contribution >= 0.6 is 11.8 Å². The highest BCUT2D eigenvalue weighted by atomic mass is 32.2. The third-order valence-corrected chi connectivity index (χ3v) is 8.10. The molecule has 10 heteroatoms. The quantitative estimate of drug-likeness (QED) is 0.242. The summed E-state index contributed by atoms with van der Waals surface area (Å²) >= 11 is 1.85. The third-order valence-electron chi connectivity index (χ3n) is 6.95. The van der Waals surface area contributed by atoms with Gasteiger partial charge in [-0.3, -0.25) is 0 Å². The summed E-state index contributed by atoms with van der Waals surface area (Å²) in [6.45, 7) is 6.81. The van der Waals surface area contributed by atoms with Crippen LogP contribution in [0.25, 0.3) is 0 Å². The second-order valence-corrected chi connectivity index (χ2v) is 10.7. The van der Waals surface area contributed by atoms with Gasteiger partial charge in [-0.15, -0.1) is 0 Å². The number of nitrogens with one attached hydrogen (secondary N) is 1. The number of nitrogens with zero attached hydrogens (tertiary/aromatic N) is 2. The van der Waals surface area contributed by atoms with Crippen molar-refractivity contribution in [3.63, 3.8) is 0 Å². The molecule has 5 N–H and O–H groups in total. The number of likely N-dealkylation sites (N-methyl/N-ethyl adjacent to an activating group) is 1. The molecule has 5 rings (SSSR count). The molecule has 0 spiro atoms. The molecular formula is C29H33N3O6S. The largest absolute Gasteiger partial charge is 0.479 e. The average Bonchev–Trinajstić information content (AvgIpc) is 2.95. The van der Waals surface area contributed by atoms with E-state index in [1.165, 1.54) is 38.0 Å². The lowest BCUT2D eigenvalue weighted by Crippen LogP contribution is -2.44. The predicted molar refractivity (Wildman–Crippen MR) is 151 cm³/mol. The van der Waals surface area contributed by atoms with Gasteiger partial charge in [0.1, 0.15) is 0 Å². The van der Waals surface area contributed by atoms with Gasteiger partial charge in [0.05, 0.1) is 11.4 Å². The van der Waals surface area contributed by atoms with Crippen molar-refractivity contribution in [3.05, 3.63) is 77.9 Å². The van der Waals surface area contributed by atoms with E-state index in [0.29, 0.717) is 5.92 Å². The smallest absolute Gasteiger partial charge is 0.335 e. The van der Waals surface area contributed by atoms with Crippen molar-refractivity contribution in [2.45, 2.75) is 34.8 Å². The Morgan fingerprint density at radius 3 is 1.97 bits per heavy atom. The van der Waals surface area contributed by atoms with E-state index in [1.807, 2.05) is 11.8 Å². The number of hydrogen-bond acceptors (Lipinski definition) is 8. The molecule has 0 radical (unpaired) electrons. The molecule has 0 aromatic heterocycles. The van der Waals surface area contributed by atoms with Crippen LogP contribution in [-0.4, -0.2) is 82.7 Å². The maximum Gasteiger partial charge on any atom is 0.335 e. The Labute approximate surface area is 231 Å². The van der Waals surface area contributed by atoms with E-state index in [1.54, 1.807) is 0 Å². The maximum absolute atomic E-state index is 9.77. The van der Waals surface area contributed by atoms with Gasteiger partial charge in [-0.25, -0.2) is 9.59 Å². The van der Waals surface area contributed by atoms with Crippen LogP contribution in [0.2, 0.25) is 0 Å². The second kappa shape index (κ2) is 12.5. The van der Waals surface area contributed by atoms with Gasteiger partial charge in [-0.1, -0.05) is 49.0 Å². The first-order chi connectivity index (χ1) is 18.6. The number of para-hydroxylation sites is 1. The highest BCUT2D eigenvalue weighted by Crippen LogP contribution is 2.45. The molecule has 1 fully saturated rings. The summed E-state index contributed by atoms with van der Waals surface area (Å²) in [6, 6.07) is 24.6. The van der Waals surface area contributed by atoms with E-state index in [-0.39, 0.29) is 0 Å². The Kier molecular flexibility index (Phi) is 9.13.